The van der Waals surface area contributed by atoms with E-state index in [2.05, 4.69) is 4.98 Å². The molecule has 42 valence electrons. The summed E-state index contributed by atoms with van der Waals surface area (Å²) in [7, 11) is 0. The van der Waals surface area contributed by atoms with E-state index in [4.69, 9.17) is 5.11 Å². The van der Waals surface area contributed by atoms with Crippen LogP contribution in [0.15, 0.2) is 15.9 Å². The summed E-state index contributed by atoms with van der Waals surface area (Å²) in [5, 5.41) is 9.98. The molecule has 0 saturated heterocycles. The molecule has 1 N–H and O–H groups in total. The molecule has 0 aromatic carbocycles. The van der Waals surface area contributed by atoms with Crippen LogP contribution in [-0.2, 0) is 0 Å². The van der Waals surface area contributed by atoms with Crippen LogP contribution in [0.2, 0.25) is 0 Å². The fourth-order valence-electron chi connectivity index (χ4n) is 0.309. The minimum atomic E-state index is -0.178. The van der Waals surface area contributed by atoms with E-state index in [0.29, 0.717) is 0 Å². The van der Waals surface area contributed by atoms with Gasteiger partial charge in [-0.15, -0.1) is 0 Å². The Kier molecular flexibility index (Phi) is 1.46. The van der Waals surface area contributed by atoms with Crippen LogP contribution in [0.3, 0.4) is 0 Å². The number of hydrogen-bond donors (Lipinski definition) is 1. The van der Waals surface area contributed by atoms with Crippen LogP contribution in [0.5, 0.6) is 5.88 Å². The summed E-state index contributed by atoms with van der Waals surface area (Å²) in [4.78, 5) is 13.9. The third-order valence-corrected chi connectivity index (χ3v) is 1.78. The van der Waals surface area contributed by atoms with E-state index in [0.717, 1.165) is 6.07 Å². The van der Waals surface area contributed by atoms with E-state index < -0.39 is 0 Å². The van der Waals surface area contributed by atoms with Crippen molar-refractivity contribution in [3.8, 4) is 5.88 Å². The van der Waals surface area contributed by atoms with Crippen LogP contribution in [0.1, 0.15) is 0 Å². The summed E-state index contributed by atoms with van der Waals surface area (Å²) >= 11 is -0.174. The van der Waals surface area contributed by atoms with Gasteiger partial charge >= 0.3 is 50.7 Å². The molecular formula is C4H3NO2Se. The molecule has 0 amide bonds. The predicted octanol–water partition coefficient (Wildman–Crippen LogP) is -0.796. The van der Waals surface area contributed by atoms with Gasteiger partial charge in [-0.1, -0.05) is 0 Å². The van der Waals surface area contributed by atoms with Crippen LogP contribution in [-0.4, -0.2) is 24.6 Å². The maximum absolute atomic E-state index is 10.4. The van der Waals surface area contributed by atoms with Crippen molar-refractivity contribution in [2.75, 3.05) is 0 Å². The van der Waals surface area contributed by atoms with Gasteiger partial charge in [-0.2, -0.15) is 0 Å². The molecule has 8 heavy (non-hydrogen) atoms. The molecule has 0 radical (unpaired) electrons. The Morgan fingerprint density at radius 2 is 2.50 bits per heavy atom. The zero-order chi connectivity index (χ0) is 5.98. The average Bonchev–Trinajstić information content (AvgIpc) is 1.64. The fraction of sp³-hybridized carbons (Fsp3) is 0. The Morgan fingerprint density at radius 3 is 2.88 bits per heavy atom. The Bertz CT molecular complexity index is 231. The van der Waals surface area contributed by atoms with E-state index in [1.54, 1.807) is 0 Å². The molecule has 0 bridgehead atoms. The molecular weight excluding hydrogens is 173 g/mol. The molecule has 0 fully saturated rings. The van der Waals surface area contributed by atoms with E-state index in [1.807, 2.05) is 0 Å². The summed E-state index contributed by atoms with van der Waals surface area (Å²) in [5.74, 6) is -0.178. The second kappa shape index (κ2) is 2.11. The number of rotatable bonds is 0. The molecule has 0 aliphatic heterocycles. The van der Waals surface area contributed by atoms with Crippen molar-refractivity contribution in [1.82, 2.24) is 4.98 Å². The van der Waals surface area contributed by atoms with Gasteiger partial charge in [0.2, 0.25) is 0 Å². The van der Waals surface area contributed by atoms with Gasteiger partial charge < -0.3 is 0 Å². The van der Waals surface area contributed by atoms with Crippen molar-refractivity contribution in [3.63, 3.8) is 0 Å². The van der Waals surface area contributed by atoms with E-state index in [-0.39, 0.29) is 24.7 Å². The number of hydrogen-bond acceptors (Lipinski definition) is 3. The van der Waals surface area contributed by atoms with Gasteiger partial charge in [0.25, 0.3) is 0 Å². The maximum atomic E-state index is 10.4. The second-order valence-corrected chi connectivity index (χ2v) is 2.95. The number of aromatic hydroxyl groups is 1. The SMILES string of the molecule is O=c1cc(O)nc[se]1. The zero-order valence-electron chi connectivity index (χ0n) is 3.87. The molecule has 3 nitrogen and oxygen atoms in total. The monoisotopic (exact) mass is 177 g/mol. The molecule has 0 unspecified atom stereocenters. The Hall–Kier alpha value is -0.601. The van der Waals surface area contributed by atoms with E-state index in [1.165, 1.54) is 5.07 Å². The van der Waals surface area contributed by atoms with Gasteiger partial charge in [0.15, 0.2) is 0 Å². The van der Waals surface area contributed by atoms with Crippen LogP contribution in [0, 0.1) is 0 Å². The average molecular weight is 176 g/mol. The van der Waals surface area contributed by atoms with Crippen LogP contribution >= 0.6 is 0 Å². The molecule has 0 saturated carbocycles. The van der Waals surface area contributed by atoms with Crippen molar-refractivity contribution >= 4 is 14.5 Å². The first kappa shape index (κ1) is 5.53. The topological polar surface area (TPSA) is 50.2 Å². The molecule has 0 atom stereocenters. The van der Waals surface area contributed by atoms with Gasteiger partial charge in [0.1, 0.15) is 0 Å². The first-order valence-electron chi connectivity index (χ1n) is 1.93. The molecule has 0 aliphatic carbocycles. The van der Waals surface area contributed by atoms with Crippen molar-refractivity contribution in [3.05, 3.63) is 20.2 Å². The zero-order valence-corrected chi connectivity index (χ0v) is 5.58. The van der Waals surface area contributed by atoms with Crippen LogP contribution in [0.4, 0.5) is 0 Å². The number of nitrogens with zero attached hydrogens (tertiary/aromatic N) is 1. The standard InChI is InChI=1S/C4H3NO2Se/c6-3-1-4(7)8-2-5-3/h1-2,6H. The van der Waals surface area contributed by atoms with Crippen molar-refractivity contribution in [1.29, 1.82) is 0 Å². The van der Waals surface area contributed by atoms with Crippen molar-refractivity contribution in [2.24, 2.45) is 0 Å². The Labute approximate surface area is 51.4 Å². The van der Waals surface area contributed by atoms with Gasteiger partial charge in [0, 0.05) is 0 Å². The first-order valence-corrected chi connectivity index (χ1v) is 3.77. The summed E-state index contributed by atoms with van der Waals surface area (Å²) < 4.78 is -0.0370. The molecule has 1 heterocycles. The molecule has 0 aliphatic rings. The number of aromatic nitrogens is 1. The molecule has 1 aromatic rings. The van der Waals surface area contributed by atoms with Crippen LogP contribution in [0.25, 0.3) is 0 Å². The normalized spacial score (nSPS) is 9.00. The molecule has 1 rings (SSSR count). The summed E-state index contributed by atoms with van der Waals surface area (Å²) in [6.45, 7) is 0. The van der Waals surface area contributed by atoms with Crippen molar-refractivity contribution < 1.29 is 5.11 Å². The summed E-state index contributed by atoms with van der Waals surface area (Å²) in [6, 6.07) is 1.14. The van der Waals surface area contributed by atoms with Crippen LogP contribution < -0.4 is 4.30 Å². The van der Waals surface area contributed by atoms with Crippen molar-refractivity contribution in [2.45, 2.75) is 0 Å². The third kappa shape index (κ3) is 1.18. The van der Waals surface area contributed by atoms with Gasteiger partial charge in [-0.25, -0.2) is 0 Å². The Balaban J connectivity index is 3.28. The summed E-state index contributed by atoms with van der Waals surface area (Å²) in [6.07, 6.45) is 0. The van der Waals surface area contributed by atoms with E-state index >= 15 is 0 Å². The second-order valence-electron chi connectivity index (χ2n) is 1.17. The molecule has 1 aromatic heterocycles. The summed E-state index contributed by atoms with van der Waals surface area (Å²) in [5.41, 5.74) is 0. The van der Waals surface area contributed by atoms with Gasteiger partial charge in [0.05, 0.1) is 0 Å². The Morgan fingerprint density at radius 1 is 1.75 bits per heavy atom. The first-order chi connectivity index (χ1) is 3.79. The molecule has 4 heteroatoms. The molecule has 0 spiro atoms. The fourth-order valence-corrected chi connectivity index (χ4v) is 1.23. The van der Waals surface area contributed by atoms with E-state index in [9.17, 15) is 4.79 Å². The minimum absolute atomic E-state index is 0.0370. The quantitative estimate of drug-likeness (QED) is 0.526. The van der Waals surface area contributed by atoms with Gasteiger partial charge in [-0.3, -0.25) is 0 Å². The van der Waals surface area contributed by atoms with Gasteiger partial charge in [-0.05, 0) is 0 Å². The third-order valence-electron chi connectivity index (χ3n) is 0.601. The predicted molar refractivity (Wildman–Crippen MR) is 29.1 cm³/mol.